The van der Waals surface area contributed by atoms with Gasteiger partial charge in [-0.1, -0.05) is 51.3 Å². The number of carbonyl (C=O) groups is 2. The van der Waals surface area contributed by atoms with E-state index in [-0.39, 0.29) is 31.8 Å². The summed E-state index contributed by atoms with van der Waals surface area (Å²) in [5, 5.41) is 14.0. The number of hydrogen-bond acceptors (Lipinski definition) is 8. The van der Waals surface area contributed by atoms with Crippen LogP contribution in [-0.4, -0.2) is 62.8 Å². The van der Waals surface area contributed by atoms with Crippen LogP contribution in [0.3, 0.4) is 0 Å². The van der Waals surface area contributed by atoms with Gasteiger partial charge in [0.05, 0.1) is 0 Å². The summed E-state index contributed by atoms with van der Waals surface area (Å²) in [6.07, 6.45) is 0. The molecule has 37 heavy (non-hydrogen) atoms. The van der Waals surface area contributed by atoms with Gasteiger partial charge < -0.3 is 29.2 Å². The van der Waals surface area contributed by atoms with E-state index in [1.165, 1.54) is 0 Å². The van der Waals surface area contributed by atoms with Gasteiger partial charge in [0.25, 0.3) is 0 Å². The lowest BCUT2D eigenvalue weighted by molar-refractivity contribution is -0.140. The molecule has 0 aliphatic carbocycles. The highest BCUT2D eigenvalue weighted by Crippen LogP contribution is 2.33. The number of benzene rings is 2. The third-order valence-corrected chi connectivity index (χ3v) is 5.02. The number of carbonyl (C=O) groups excluding carboxylic acids is 2. The van der Waals surface area contributed by atoms with Crippen molar-refractivity contribution in [3.63, 3.8) is 0 Å². The Bertz CT molecular complexity index is 896. The summed E-state index contributed by atoms with van der Waals surface area (Å²) in [5.41, 5.74) is 2.76. The molecule has 0 saturated carbocycles. The van der Waals surface area contributed by atoms with Crippen LogP contribution in [-0.2, 0) is 24.5 Å². The third kappa shape index (κ3) is 11.8. The van der Waals surface area contributed by atoms with Crippen molar-refractivity contribution in [3.8, 4) is 11.5 Å². The van der Waals surface area contributed by atoms with Crippen LogP contribution >= 0.6 is 0 Å². The Kier molecular flexibility index (Phi) is 16.0. The summed E-state index contributed by atoms with van der Waals surface area (Å²) in [6, 6.07) is 15.7. The molecule has 0 bridgehead atoms. The SMILES string of the molecule is C=C(C)C(=O)OCCOc1ccc(C(C)(C)c2ccc(OCCOC(=O)C(=C)C)cc2)cc1.CO.CO. The van der Waals surface area contributed by atoms with Crippen LogP contribution in [0.4, 0.5) is 0 Å². The van der Waals surface area contributed by atoms with Crippen molar-refractivity contribution in [2.45, 2.75) is 33.1 Å². The smallest absolute Gasteiger partial charge is 0.333 e. The predicted octanol–water partition coefficient (Wildman–Crippen LogP) is 4.23. The van der Waals surface area contributed by atoms with Gasteiger partial charge in [-0.15, -0.1) is 0 Å². The molecular formula is C29H40O8. The molecule has 0 aliphatic heterocycles. The normalized spacial score (nSPS) is 9.95. The van der Waals surface area contributed by atoms with Crippen molar-refractivity contribution in [1.82, 2.24) is 0 Å². The molecule has 8 heteroatoms. The standard InChI is InChI=1S/C27H32O6.2CH4O/c1-19(2)25(28)32-17-15-30-23-11-7-21(8-12-23)27(5,6)22-9-13-24(14-10-22)31-16-18-33-26(29)20(3)4;2*1-2/h7-14H,1,3,15-18H2,2,4-6H3;2*2H,1H3. The van der Waals surface area contributed by atoms with Crippen molar-refractivity contribution in [1.29, 1.82) is 0 Å². The first-order valence-electron chi connectivity index (χ1n) is 11.6. The molecule has 2 aromatic rings. The van der Waals surface area contributed by atoms with Gasteiger partial charge in [0.1, 0.15) is 37.9 Å². The molecule has 0 spiro atoms. The van der Waals surface area contributed by atoms with Crippen LogP contribution in [0.15, 0.2) is 72.8 Å². The molecule has 204 valence electrons. The predicted molar refractivity (Wildman–Crippen MR) is 144 cm³/mol. The molecule has 0 fully saturated rings. The third-order valence-electron chi connectivity index (χ3n) is 5.02. The molecular weight excluding hydrogens is 476 g/mol. The Morgan fingerprint density at radius 1 is 0.649 bits per heavy atom. The summed E-state index contributed by atoms with van der Waals surface area (Å²) < 4.78 is 21.3. The van der Waals surface area contributed by atoms with Gasteiger partial charge >= 0.3 is 11.9 Å². The van der Waals surface area contributed by atoms with Gasteiger partial charge in [0.2, 0.25) is 0 Å². The second-order valence-electron chi connectivity index (χ2n) is 8.20. The number of aliphatic hydroxyl groups is 2. The Hall–Kier alpha value is -3.62. The monoisotopic (exact) mass is 516 g/mol. The minimum Gasteiger partial charge on any atom is -0.490 e. The molecule has 2 aromatic carbocycles. The summed E-state index contributed by atoms with van der Waals surface area (Å²) in [4.78, 5) is 22.7. The van der Waals surface area contributed by atoms with Gasteiger partial charge in [0.15, 0.2) is 0 Å². The topological polar surface area (TPSA) is 112 Å². The first kappa shape index (κ1) is 33.4. The largest absolute Gasteiger partial charge is 0.490 e. The fourth-order valence-corrected chi connectivity index (χ4v) is 2.94. The van der Waals surface area contributed by atoms with Crippen molar-refractivity contribution in [2.75, 3.05) is 40.6 Å². The summed E-state index contributed by atoms with van der Waals surface area (Å²) >= 11 is 0. The van der Waals surface area contributed by atoms with Crippen molar-refractivity contribution in [3.05, 3.63) is 84.0 Å². The van der Waals surface area contributed by atoms with Crippen LogP contribution < -0.4 is 9.47 Å². The number of rotatable bonds is 12. The second kappa shape index (κ2) is 17.8. The fourth-order valence-electron chi connectivity index (χ4n) is 2.94. The quantitative estimate of drug-likeness (QED) is 0.245. The maximum absolute atomic E-state index is 11.4. The average molecular weight is 517 g/mol. The Morgan fingerprint density at radius 2 is 0.946 bits per heavy atom. The van der Waals surface area contributed by atoms with Crippen LogP contribution in [0, 0.1) is 0 Å². The molecule has 2 N–H and O–H groups in total. The molecule has 2 rings (SSSR count). The van der Waals surface area contributed by atoms with E-state index in [2.05, 4.69) is 27.0 Å². The van der Waals surface area contributed by atoms with E-state index in [9.17, 15) is 9.59 Å². The van der Waals surface area contributed by atoms with Gasteiger partial charge in [0, 0.05) is 30.8 Å². The minimum absolute atomic E-state index is 0.170. The lowest BCUT2D eigenvalue weighted by Gasteiger charge is -2.26. The molecule has 0 unspecified atom stereocenters. The van der Waals surface area contributed by atoms with Crippen molar-refractivity contribution < 1.29 is 38.7 Å². The zero-order chi connectivity index (χ0) is 28.4. The molecule has 0 aliphatic rings. The maximum atomic E-state index is 11.4. The first-order chi connectivity index (χ1) is 17.6. The molecule has 0 aromatic heterocycles. The summed E-state index contributed by atoms with van der Waals surface area (Å²) in [5.74, 6) is 0.575. The number of aliphatic hydroxyl groups excluding tert-OH is 2. The Labute approximate surface area is 220 Å². The molecule has 8 nitrogen and oxygen atoms in total. The van der Waals surface area contributed by atoms with E-state index >= 15 is 0 Å². The van der Waals surface area contributed by atoms with Crippen LogP contribution in [0.1, 0.15) is 38.8 Å². The highest BCUT2D eigenvalue weighted by Gasteiger charge is 2.23. The van der Waals surface area contributed by atoms with Crippen molar-refractivity contribution in [2.24, 2.45) is 0 Å². The number of hydrogen-bond donors (Lipinski definition) is 2. The van der Waals surface area contributed by atoms with Crippen LogP contribution in [0.25, 0.3) is 0 Å². The van der Waals surface area contributed by atoms with E-state index in [4.69, 9.17) is 29.2 Å². The maximum Gasteiger partial charge on any atom is 0.333 e. The zero-order valence-corrected chi connectivity index (χ0v) is 22.7. The van der Waals surface area contributed by atoms with E-state index in [1.807, 2.05) is 48.5 Å². The van der Waals surface area contributed by atoms with Gasteiger partial charge in [-0.2, -0.15) is 0 Å². The molecule has 0 heterocycles. The Morgan fingerprint density at radius 3 is 1.22 bits per heavy atom. The van der Waals surface area contributed by atoms with E-state index in [1.54, 1.807) is 13.8 Å². The van der Waals surface area contributed by atoms with Crippen LogP contribution in [0.5, 0.6) is 11.5 Å². The van der Waals surface area contributed by atoms with Gasteiger partial charge in [-0.3, -0.25) is 0 Å². The fraction of sp³-hybridized carbons (Fsp3) is 0.379. The minimum atomic E-state index is -0.418. The molecule has 0 atom stereocenters. The summed E-state index contributed by atoms with van der Waals surface area (Å²) in [7, 11) is 2.00. The number of esters is 2. The lowest BCUT2D eigenvalue weighted by Crippen LogP contribution is -2.19. The summed E-state index contributed by atoms with van der Waals surface area (Å²) in [6.45, 7) is 15.5. The highest BCUT2D eigenvalue weighted by atomic mass is 16.6. The molecule has 0 saturated heterocycles. The molecule has 0 amide bonds. The highest BCUT2D eigenvalue weighted by molar-refractivity contribution is 5.87. The zero-order valence-electron chi connectivity index (χ0n) is 22.7. The van der Waals surface area contributed by atoms with E-state index in [0.717, 1.165) is 25.3 Å². The average Bonchev–Trinajstić information content (AvgIpc) is 2.91. The van der Waals surface area contributed by atoms with Crippen LogP contribution in [0.2, 0.25) is 0 Å². The number of ether oxygens (including phenoxy) is 4. The second-order valence-corrected chi connectivity index (χ2v) is 8.20. The van der Waals surface area contributed by atoms with Gasteiger partial charge in [-0.25, -0.2) is 9.59 Å². The Balaban J connectivity index is 0.00000308. The van der Waals surface area contributed by atoms with E-state index in [0.29, 0.717) is 22.6 Å². The first-order valence-corrected chi connectivity index (χ1v) is 11.6. The van der Waals surface area contributed by atoms with Crippen molar-refractivity contribution >= 4 is 11.9 Å². The molecule has 0 radical (unpaired) electrons. The van der Waals surface area contributed by atoms with E-state index < -0.39 is 11.9 Å². The lowest BCUT2D eigenvalue weighted by atomic mass is 9.78. The van der Waals surface area contributed by atoms with Gasteiger partial charge in [-0.05, 0) is 49.2 Å².